The van der Waals surface area contributed by atoms with E-state index in [-0.39, 0.29) is 11.5 Å². The molecular weight excluding hydrogens is 342 g/mol. The molecule has 2 unspecified atom stereocenters. The topological polar surface area (TPSA) is 40.6 Å². The molecule has 1 aliphatic heterocycles. The first kappa shape index (κ1) is 17.5. The number of ether oxygens (including phenoxy) is 3. The number of para-hydroxylation sites is 2. The molecular formula is C18H21NO3S2. The number of benzene rings is 1. The van der Waals surface area contributed by atoms with E-state index in [2.05, 4.69) is 11.1 Å². The minimum Gasteiger partial charge on any atom is -0.493 e. The first-order valence-corrected chi connectivity index (χ1v) is 10.0. The summed E-state index contributed by atoms with van der Waals surface area (Å²) in [6.07, 6.45) is 3.85. The largest absolute Gasteiger partial charge is 0.493 e. The minimum absolute atomic E-state index is 0.129. The highest BCUT2D eigenvalue weighted by Crippen LogP contribution is 2.31. The van der Waals surface area contributed by atoms with Crippen molar-refractivity contribution in [2.45, 2.75) is 17.3 Å². The highest BCUT2D eigenvalue weighted by atomic mass is 32.2. The van der Waals surface area contributed by atoms with Crippen LogP contribution in [0.1, 0.15) is 5.56 Å². The maximum absolute atomic E-state index is 6.06. The van der Waals surface area contributed by atoms with E-state index in [1.54, 1.807) is 13.3 Å². The normalized spacial score (nSPS) is 20.0. The molecule has 6 heteroatoms. The molecule has 1 fully saturated rings. The van der Waals surface area contributed by atoms with E-state index in [9.17, 15) is 0 Å². The Hall–Kier alpha value is -1.37. The van der Waals surface area contributed by atoms with Crippen molar-refractivity contribution in [3.8, 4) is 11.5 Å². The van der Waals surface area contributed by atoms with Gasteiger partial charge < -0.3 is 14.2 Å². The van der Waals surface area contributed by atoms with Gasteiger partial charge in [0.1, 0.15) is 18.1 Å². The van der Waals surface area contributed by atoms with Crippen LogP contribution in [0.3, 0.4) is 0 Å². The Labute approximate surface area is 151 Å². The third kappa shape index (κ3) is 5.06. The zero-order valence-electron chi connectivity index (χ0n) is 13.6. The van der Waals surface area contributed by atoms with E-state index < -0.39 is 0 Å². The number of pyridine rings is 1. The summed E-state index contributed by atoms with van der Waals surface area (Å²) < 4.78 is 17.2. The predicted octanol–water partition coefficient (Wildman–Crippen LogP) is 3.86. The van der Waals surface area contributed by atoms with Gasteiger partial charge in [0.15, 0.2) is 11.5 Å². The molecule has 1 aliphatic rings. The number of nitrogens with zero attached hydrogens (tertiary/aromatic N) is 1. The van der Waals surface area contributed by atoms with Crippen molar-refractivity contribution in [1.82, 2.24) is 4.98 Å². The highest BCUT2D eigenvalue weighted by molar-refractivity contribution is 8.03. The second-order valence-corrected chi connectivity index (χ2v) is 7.58. The lowest BCUT2D eigenvalue weighted by molar-refractivity contribution is 0.0424. The molecule has 0 spiro atoms. The van der Waals surface area contributed by atoms with Gasteiger partial charge in [0.05, 0.1) is 7.11 Å². The first-order valence-electron chi connectivity index (χ1n) is 7.84. The Morgan fingerprint density at radius 1 is 1.25 bits per heavy atom. The van der Waals surface area contributed by atoms with Crippen LogP contribution in [-0.2, 0) is 10.5 Å². The van der Waals surface area contributed by atoms with Gasteiger partial charge in [0, 0.05) is 29.7 Å². The summed E-state index contributed by atoms with van der Waals surface area (Å²) in [7, 11) is 1.65. The monoisotopic (exact) mass is 363 g/mol. The van der Waals surface area contributed by atoms with Gasteiger partial charge in [0.2, 0.25) is 0 Å². The third-order valence-electron chi connectivity index (χ3n) is 3.55. The molecule has 0 radical (unpaired) electrons. The van der Waals surface area contributed by atoms with Crippen LogP contribution >= 0.6 is 23.5 Å². The molecule has 0 aliphatic carbocycles. The number of methoxy groups -OCH3 is 1. The molecule has 0 amide bonds. The van der Waals surface area contributed by atoms with Crippen molar-refractivity contribution < 1.29 is 14.2 Å². The Balaban J connectivity index is 1.38. The number of hydrogen-bond acceptors (Lipinski definition) is 6. The fourth-order valence-corrected chi connectivity index (χ4v) is 4.67. The van der Waals surface area contributed by atoms with Gasteiger partial charge in [-0.3, -0.25) is 4.98 Å². The van der Waals surface area contributed by atoms with Crippen LogP contribution in [0.4, 0.5) is 0 Å². The zero-order valence-corrected chi connectivity index (χ0v) is 15.2. The highest BCUT2D eigenvalue weighted by Gasteiger charge is 2.26. The fraction of sp³-hybridized carbons (Fsp3) is 0.389. The Morgan fingerprint density at radius 2 is 2.12 bits per heavy atom. The third-order valence-corrected chi connectivity index (χ3v) is 6.05. The summed E-state index contributed by atoms with van der Waals surface area (Å²) in [4.78, 5) is 4.14. The van der Waals surface area contributed by atoms with Crippen LogP contribution in [0.2, 0.25) is 0 Å². The van der Waals surface area contributed by atoms with E-state index in [1.807, 2.05) is 60.1 Å². The van der Waals surface area contributed by atoms with Gasteiger partial charge >= 0.3 is 0 Å². The quantitative estimate of drug-likeness (QED) is 0.709. The summed E-state index contributed by atoms with van der Waals surface area (Å²) >= 11 is 3.74. The molecule has 1 aromatic carbocycles. The van der Waals surface area contributed by atoms with Gasteiger partial charge in [-0.25, -0.2) is 0 Å². The van der Waals surface area contributed by atoms with Crippen LogP contribution < -0.4 is 9.47 Å². The number of rotatable bonds is 8. The number of hydrogen-bond donors (Lipinski definition) is 0. The lowest BCUT2D eigenvalue weighted by Gasteiger charge is -2.15. The van der Waals surface area contributed by atoms with Gasteiger partial charge in [-0.2, -0.15) is 11.8 Å². The van der Waals surface area contributed by atoms with E-state index >= 15 is 0 Å². The van der Waals surface area contributed by atoms with Crippen LogP contribution in [0, 0.1) is 0 Å². The number of thioether (sulfide) groups is 2. The summed E-state index contributed by atoms with van der Waals surface area (Å²) in [5.41, 5.74) is 1.49. The van der Waals surface area contributed by atoms with E-state index in [0.717, 1.165) is 28.8 Å². The van der Waals surface area contributed by atoms with E-state index in [0.29, 0.717) is 6.61 Å². The maximum atomic E-state index is 6.06. The van der Waals surface area contributed by atoms with Gasteiger partial charge in [-0.05, 0) is 23.8 Å². The van der Waals surface area contributed by atoms with Crippen LogP contribution in [0.5, 0.6) is 11.5 Å². The molecule has 0 bridgehead atoms. The molecule has 1 saturated heterocycles. The smallest absolute Gasteiger partial charge is 0.161 e. The first-order chi connectivity index (χ1) is 11.8. The Kier molecular flexibility index (Phi) is 6.69. The molecule has 2 aromatic rings. The molecule has 0 saturated carbocycles. The van der Waals surface area contributed by atoms with E-state index in [4.69, 9.17) is 14.2 Å². The molecule has 1 aromatic heterocycles. The Bertz CT molecular complexity index is 627. The summed E-state index contributed by atoms with van der Waals surface area (Å²) in [5, 5.41) is 0. The molecule has 0 N–H and O–H groups in total. The number of aromatic nitrogens is 1. The van der Waals surface area contributed by atoms with Crippen molar-refractivity contribution in [2.24, 2.45) is 0 Å². The van der Waals surface area contributed by atoms with Gasteiger partial charge in [-0.15, -0.1) is 11.8 Å². The standard InChI is InChI=1S/C18H21NO3S2/c1-20-16-6-2-3-7-17(16)21-10-15-12-24-18(22-15)13-23-11-14-5-4-8-19-9-14/h2-9,15,18H,10-13H2,1H3. The van der Waals surface area contributed by atoms with Gasteiger partial charge in [-0.1, -0.05) is 18.2 Å². The second kappa shape index (κ2) is 9.20. The lowest BCUT2D eigenvalue weighted by atomic mass is 10.3. The summed E-state index contributed by atoms with van der Waals surface area (Å²) in [5.74, 6) is 4.43. The van der Waals surface area contributed by atoms with Crippen LogP contribution in [-0.4, -0.2) is 41.7 Å². The summed E-state index contributed by atoms with van der Waals surface area (Å²) in [6.45, 7) is 0.553. The average Bonchev–Trinajstić information content (AvgIpc) is 3.09. The van der Waals surface area contributed by atoms with Gasteiger partial charge in [0.25, 0.3) is 0 Å². The van der Waals surface area contributed by atoms with Crippen molar-refractivity contribution in [2.75, 3.05) is 25.2 Å². The molecule has 24 heavy (non-hydrogen) atoms. The van der Waals surface area contributed by atoms with Crippen LogP contribution in [0.25, 0.3) is 0 Å². The average molecular weight is 364 g/mol. The minimum atomic E-state index is 0.129. The van der Waals surface area contributed by atoms with Crippen molar-refractivity contribution in [3.63, 3.8) is 0 Å². The SMILES string of the molecule is COc1ccccc1OCC1CSC(CSCc2cccnc2)O1. The predicted molar refractivity (Wildman–Crippen MR) is 100 cm³/mol. The molecule has 4 nitrogen and oxygen atoms in total. The Morgan fingerprint density at radius 3 is 2.92 bits per heavy atom. The van der Waals surface area contributed by atoms with Crippen molar-refractivity contribution in [3.05, 3.63) is 54.4 Å². The zero-order chi connectivity index (χ0) is 16.6. The van der Waals surface area contributed by atoms with E-state index in [1.165, 1.54) is 5.56 Å². The molecule has 128 valence electrons. The second-order valence-electron chi connectivity index (χ2n) is 5.36. The maximum Gasteiger partial charge on any atom is 0.161 e. The molecule has 3 rings (SSSR count). The summed E-state index contributed by atoms with van der Waals surface area (Å²) in [6, 6.07) is 11.8. The van der Waals surface area contributed by atoms with Crippen molar-refractivity contribution >= 4 is 23.5 Å². The molecule has 2 heterocycles. The fourth-order valence-electron chi connectivity index (χ4n) is 2.36. The molecule has 2 atom stereocenters. The lowest BCUT2D eigenvalue weighted by Crippen LogP contribution is -2.21. The van der Waals surface area contributed by atoms with Crippen LogP contribution in [0.15, 0.2) is 48.8 Å². The van der Waals surface area contributed by atoms with Crippen molar-refractivity contribution in [1.29, 1.82) is 0 Å².